The molecule has 0 aromatic rings. The van der Waals surface area contributed by atoms with E-state index < -0.39 is 5.60 Å². The summed E-state index contributed by atoms with van der Waals surface area (Å²) in [6, 6.07) is 0. The van der Waals surface area contributed by atoms with Gasteiger partial charge in [-0.05, 0) is 33.6 Å². The third kappa shape index (κ3) is 9.76. The number of hydrogen-bond donors (Lipinski definition) is 1. The van der Waals surface area contributed by atoms with E-state index in [1.54, 1.807) is 4.90 Å². The van der Waals surface area contributed by atoms with E-state index in [2.05, 4.69) is 0 Å². The first-order valence-electron chi connectivity index (χ1n) is 8.28. The minimum absolute atomic E-state index is 0.0328. The van der Waals surface area contributed by atoms with Gasteiger partial charge < -0.3 is 29.0 Å². The number of hydrogen-bond acceptors (Lipinski definition) is 6. The van der Waals surface area contributed by atoms with E-state index in [9.17, 15) is 4.79 Å². The minimum atomic E-state index is -0.456. The zero-order valence-corrected chi connectivity index (χ0v) is 14.6. The number of aliphatic hydroxyl groups excluding tert-OH is 1. The second-order valence-corrected chi connectivity index (χ2v) is 6.49. The molecular formula is C16H31NO6. The Hall–Kier alpha value is -0.890. The summed E-state index contributed by atoms with van der Waals surface area (Å²) in [4.78, 5) is 13.7. The number of nitrogens with zero attached hydrogens (tertiary/aromatic N) is 1. The third-order valence-electron chi connectivity index (χ3n) is 3.28. The molecule has 1 fully saturated rings. The molecule has 1 aliphatic rings. The van der Waals surface area contributed by atoms with Crippen LogP contribution in [0.5, 0.6) is 0 Å². The monoisotopic (exact) mass is 333 g/mol. The van der Waals surface area contributed by atoms with Crippen LogP contribution in [0.25, 0.3) is 0 Å². The van der Waals surface area contributed by atoms with Crippen molar-refractivity contribution in [3.05, 3.63) is 0 Å². The van der Waals surface area contributed by atoms with Crippen LogP contribution >= 0.6 is 0 Å². The SMILES string of the molecule is CC(C)(C)OC(=O)N1CCC(OCCOCCOCCO)CC1. The van der Waals surface area contributed by atoms with Crippen molar-refractivity contribution in [2.75, 3.05) is 52.7 Å². The van der Waals surface area contributed by atoms with Gasteiger partial charge in [0.05, 0.1) is 45.7 Å². The zero-order chi connectivity index (χ0) is 17.1. The highest BCUT2D eigenvalue weighted by Gasteiger charge is 2.26. The predicted molar refractivity (Wildman–Crippen MR) is 85.5 cm³/mol. The molecule has 0 bridgehead atoms. The molecular weight excluding hydrogens is 302 g/mol. The van der Waals surface area contributed by atoms with Crippen molar-refractivity contribution in [2.45, 2.75) is 45.3 Å². The second kappa shape index (κ2) is 10.8. The van der Waals surface area contributed by atoms with Gasteiger partial charge in [0.15, 0.2) is 0 Å². The van der Waals surface area contributed by atoms with Gasteiger partial charge in [-0.25, -0.2) is 4.79 Å². The molecule has 7 nitrogen and oxygen atoms in total. The van der Waals surface area contributed by atoms with Crippen LogP contribution in [-0.2, 0) is 18.9 Å². The van der Waals surface area contributed by atoms with Gasteiger partial charge in [-0.1, -0.05) is 0 Å². The van der Waals surface area contributed by atoms with Crippen molar-refractivity contribution in [3.8, 4) is 0 Å². The third-order valence-corrected chi connectivity index (χ3v) is 3.28. The molecule has 1 rings (SSSR count). The molecule has 0 aliphatic carbocycles. The summed E-state index contributed by atoms with van der Waals surface area (Å²) in [5.41, 5.74) is -0.456. The largest absolute Gasteiger partial charge is 0.444 e. The van der Waals surface area contributed by atoms with Gasteiger partial charge in [0.1, 0.15) is 5.60 Å². The van der Waals surface area contributed by atoms with Gasteiger partial charge in [-0.15, -0.1) is 0 Å². The van der Waals surface area contributed by atoms with Crippen molar-refractivity contribution in [3.63, 3.8) is 0 Å². The molecule has 0 spiro atoms. The highest BCUT2D eigenvalue weighted by Crippen LogP contribution is 2.17. The highest BCUT2D eigenvalue weighted by atomic mass is 16.6. The fourth-order valence-corrected chi connectivity index (χ4v) is 2.19. The maximum absolute atomic E-state index is 11.9. The van der Waals surface area contributed by atoms with Crippen molar-refractivity contribution < 1.29 is 28.8 Å². The topological polar surface area (TPSA) is 77.5 Å². The quantitative estimate of drug-likeness (QED) is 0.643. The molecule has 0 saturated carbocycles. The Morgan fingerprint density at radius 3 is 2.17 bits per heavy atom. The van der Waals surface area contributed by atoms with Gasteiger partial charge in [-0.3, -0.25) is 0 Å². The number of piperidine rings is 1. The number of ether oxygens (including phenoxy) is 4. The molecule has 1 heterocycles. The number of aliphatic hydroxyl groups is 1. The molecule has 7 heteroatoms. The molecule has 0 unspecified atom stereocenters. The maximum atomic E-state index is 11.9. The standard InChI is InChI=1S/C16H31NO6/c1-16(2,3)23-15(19)17-6-4-14(5-7-17)22-13-12-21-11-10-20-9-8-18/h14,18H,4-13H2,1-3H3. The Morgan fingerprint density at radius 1 is 1.04 bits per heavy atom. The molecule has 136 valence electrons. The lowest BCUT2D eigenvalue weighted by Gasteiger charge is -2.33. The molecule has 0 aromatic carbocycles. The van der Waals surface area contributed by atoms with E-state index in [0.717, 1.165) is 12.8 Å². The Labute approximate surface area is 138 Å². The smallest absolute Gasteiger partial charge is 0.410 e. The normalized spacial score (nSPS) is 16.6. The predicted octanol–water partition coefficient (Wildman–Crippen LogP) is 1.43. The Bertz CT molecular complexity index is 323. The number of amides is 1. The van der Waals surface area contributed by atoms with Crippen LogP contribution in [0.1, 0.15) is 33.6 Å². The van der Waals surface area contributed by atoms with Gasteiger partial charge in [-0.2, -0.15) is 0 Å². The lowest BCUT2D eigenvalue weighted by Crippen LogP contribution is -2.43. The number of carbonyl (C=O) groups is 1. The molecule has 0 atom stereocenters. The Kier molecular flexibility index (Phi) is 9.47. The van der Waals surface area contributed by atoms with Gasteiger partial charge in [0, 0.05) is 13.1 Å². The number of rotatable bonds is 9. The summed E-state index contributed by atoms with van der Waals surface area (Å²) in [5, 5.41) is 8.54. The molecule has 1 saturated heterocycles. The first kappa shape index (κ1) is 20.2. The maximum Gasteiger partial charge on any atom is 0.410 e. The summed E-state index contributed by atoms with van der Waals surface area (Å²) in [6.07, 6.45) is 1.56. The number of carbonyl (C=O) groups excluding carboxylic acids is 1. The van der Waals surface area contributed by atoms with E-state index in [0.29, 0.717) is 46.1 Å². The summed E-state index contributed by atoms with van der Waals surface area (Å²) in [5.74, 6) is 0. The first-order valence-corrected chi connectivity index (χ1v) is 8.28. The fourth-order valence-electron chi connectivity index (χ4n) is 2.19. The van der Waals surface area contributed by atoms with Crippen LogP contribution < -0.4 is 0 Å². The summed E-state index contributed by atoms with van der Waals surface area (Å²) < 4.78 is 21.6. The fraction of sp³-hybridized carbons (Fsp3) is 0.938. The molecule has 0 radical (unpaired) electrons. The van der Waals surface area contributed by atoms with Crippen LogP contribution in [0, 0.1) is 0 Å². The Morgan fingerprint density at radius 2 is 1.61 bits per heavy atom. The zero-order valence-electron chi connectivity index (χ0n) is 14.6. The van der Waals surface area contributed by atoms with E-state index in [-0.39, 0.29) is 18.8 Å². The lowest BCUT2D eigenvalue weighted by atomic mass is 10.1. The lowest BCUT2D eigenvalue weighted by molar-refractivity contribution is -0.0367. The van der Waals surface area contributed by atoms with Crippen molar-refractivity contribution in [1.29, 1.82) is 0 Å². The van der Waals surface area contributed by atoms with Crippen LogP contribution in [0.2, 0.25) is 0 Å². The highest BCUT2D eigenvalue weighted by molar-refractivity contribution is 5.68. The average molecular weight is 333 g/mol. The van der Waals surface area contributed by atoms with Crippen molar-refractivity contribution in [1.82, 2.24) is 4.90 Å². The second-order valence-electron chi connectivity index (χ2n) is 6.49. The average Bonchev–Trinajstić information content (AvgIpc) is 2.49. The van der Waals surface area contributed by atoms with E-state index in [1.165, 1.54) is 0 Å². The van der Waals surface area contributed by atoms with E-state index in [4.69, 9.17) is 24.1 Å². The summed E-state index contributed by atoms with van der Waals surface area (Å²) >= 11 is 0. The molecule has 1 aliphatic heterocycles. The summed E-state index contributed by atoms with van der Waals surface area (Å²) in [7, 11) is 0. The van der Waals surface area contributed by atoms with E-state index in [1.807, 2.05) is 20.8 Å². The Balaban J connectivity index is 2.03. The van der Waals surface area contributed by atoms with Crippen LogP contribution in [0.4, 0.5) is 4.79 Å². The molecule has 23 heavy (non-hydrogen) atoms. The molecule has 1 N–H and O–H groups in total. The minimum Gasteiger partial charge on any atom is -0.444 e. The van der Waals surface area contributed by atoms with Crippen LogP contribution in [0.3, 0.4) is 0 Å². The van der Waals surface area contributed by atoms with Gasteiger partial charge in [0.2, 0.25) is 0 Å². The van der Waals surface area contributed by atoms with E-state index >= 15 is 0 Å². The van der Waals surface area contributed by atoms with Gasteiger partial charge >= 0.3 is 6.09 Å². The van der Waals surface area contributed by atoms with Crippen LogP contribution in [-0.4, -0.2) is 80.5 Å². The first-order chi connectivity index (χ1) is 10.9. The van der Waals surface area contributed by atoms with Crippen molar-refractivity contribution >= 4 is 6.09 Å². The van der Waals surface area contributed by atoms with Crippen molar-refractivity contribution in [2.24, 2.45) is 0 Å². The van der Waals surface area contributed by atoms with Gasteiger partial charge in [0.25, 0.3) is 0 Å². The number of likely N-dealkylation sites (tertiary alicyclic amines) is 1. The molecule has 1 amide bonds. The molecule has 0 aromatic heterocycles. The van der Waals surface area contributed by atoms with Crippen LogP contribution in [0.15, 0.2) is 0 Å². The summed E-state index contributed by atoms with van der Waals surface area (Å²) in [6.45, 7) is 9.36.